The zero-order valence-corrected chi connectivity index (χ0v) is 15.6. The van der Waals surface area contributed by atoms with Crippen LogP contribution in [0.4, 0.5) is 0 Å². The van der Waals surface area contributed by atoms with Gasteiger partial charge in [-0.25, -0.2) is 0 Å². The van der Waals surface area contributed by atoms with Crippen LogP contribution in [0.1, 0.15) is 21.5 Å². The van der Waals surface area contributed by atoms with E-state index < -0.39 is 0 Å². The Kier molecular flexibility index (Phi) is 7.37. The van der Waals surface area contributed by atoms with Crippen molar-refractivity contribution in [2.24, 2.45) is 5.16 Å². The lowest BCUT2D eigenvalue weighted by molar-refractivity contribution is -0.135. The van der Waals surface area contributed by atoms with Crippen LogP contribution < -0.4 is 10.1 Å². The number of carbonyl (C=O) groups excluding carboxylic acids is 2. The molecule has 2 aromatic rings. The van der Waals surface area contributed by atoms with Gasteiger partial charge in [-0.2, -0.15) is 0 Å². The van der Waals surface area contributed by atoms with Gasteiger partial charge in [0.25, 0.3) is 11.8 Å². The van der Waals surface area contributed by atoms with Crippen molar-refractivity contribution in [2.75, 3.05) is 27.8 Å². The molecule has 0 aromatic heterocycles. The zero-order chi connectivity index (χ0) is 19.6. The molecule has 0 fully saturated rings. The summed E-state index contributed by atoms with van der Waals surface area (Å²) in [6, 6.07) is 14.4. The first-order chi connectivity index (χ1) is 13.0. The molecule has 2 amide bonds. The monoisotopic (exact) mass is 369 g/mol. The lowest BCUT2D eigenvalue weighted by Gasteiger charge is -2.16. The average molecular weight is 369 g/mol. The molecule has 0 saturated heterocycles. The summed E-state index contributed by atoms with van der Waals surface area (Å²) in [7, 11) is 4.87. The normalized spacial score (nSPS) is 10.5. The molecule has 0 saturated carbocycles. The molecule has 2 rings (SSSR count). The van der Waals surface area contributed by atoms with E-state index in [4.69, 9.17) is 9.57 Å². The highest BCUT2D eigenvalue weighted by molar-refractivity contribution is 5.93. The number of benzene rings is 2. The number of hydrogen-bond acceptors (Lipinski definition) is 5. The standard InChI is InChI=1S/C20H23N3O4/c1-21-20(25)17-8-4-16(5-9-17)13-23(2)19(24)14-27-22-12-15-6-10-18(26-3)11-7-15/h4-12H,13-14H2,1-3H3,(H,21,25)/b22-12-. The van der Waals surface area contributed by atoms with Crippen LogP contribution >= 0.6 is 0 Å². The van der Waals surface area contributed by atoms with E-state index in [1.807, 2.05) is 36.4 Å². The third kappa shape index (κ3) is 6.14. The summed E-state index contributed by atoms with van der Waals surface area (Å²) in [6.07, 6.45) is 1.53. The van der Waals surface area contributed by atoms with Crippen LogP contribution in [0.15, 0.2) is 53.7 Å². The first-order valence-corrected chi connectivity index (χ1v) is 8.38. The van der Waals surface area contributed by atoms with Crippen molar-refractivity contribution in [2.45, 2.75) is 6.54 Å². The van der Waals surface area contributed by atoms with Crippen LogP contribution in [-0.2, 0) is 16.2 Å². The molecule has 0 heterocycles. The fraction of sp³-hybridized carbons (Fsp3) is 0.250. The Hall–Kier alpha value is -3.35. The van der Waals surface area contributed by atoms with Crippen molar-refractivity contribution >= 4 is 18.0 Å². The molecule has 7 heteroatoms. The number of ether oxygens (including phenoxy) is 1. The van der Waals surface area contributed by atoms with Crippen LogP contribution in [0.2, 0.25) is 0 Å². The Morgan fingerprint density at radius 2 is 1.78 bits per heavy atom. The number of methoxy groups -OCH3 is 1. The second kappa shape index (κ2) is 9.96. The van der Waals surface area contributed by atoms with E-state index in [9.17, 15) is 9.59 Å². The van der Waals surface area contributed by atoms with E-state index in [2.05, 4.69) is 10.5 Å². The van der Waals surface area contributed by atoms with Gasteiger partial charge in [0.05, 0.1) is 13.3 Å². The van der Waals surface area contributed by atoms with Crippen LogP contribution in [0.5, 0.6) is 5.75 Å². The van der Waals surface area contributed by atoms with Gasteiger partial charge >= 0.3 is 0 Å². The van der Waals surface area contributed by atoms with Crippen LogP contribution in [-0.4, -0.2) is 50.7 Å². The van der Waals surface area contributed by atoms with Crippen LogP contribution in [0, 0.1) is 0 Å². The minimum absolute atomic E-state index is 0.144. The fourth-order valence-corrected chi connectivity index (χ4v) is 2.26. The Morgan fingerprint density at radius 1 is 1.11 bits per heavy atom. The molecular weight excluding hydrogens is 346 g/mol. The van der Waals surface area contributed by atoms with Crippen molar-refractivity contribution < 1.29 is 19.2 Å². The summed E-state index contributed by atoms with van der Waals surface area (Å²) in [5.74, 6) is 0.416. The predicted octanol–water partition coefficient (Wildman–Crippen LogP) is 2.06. The smallest absolute Gasteiger partial charge is 0.263 e. The Bertz CT molecular complexity index is 786. The van der Waals surface area contributed by atoms with Gasteiger partial charge in [-0.05, 0) is 47.5 Å². The molecule has 27 heavy (non-hydrogen) atoms. The molecule has 1 N–H and O–H groups in total. The maximum atomic E-state index is 12.1. The molecule has 2 aromatic carbocycles. The highest BCUT2D eigenvalue weighted by atomic mass is 16.6. The molecule has 0 aliphatic rings. The Balaban J connectivity index is 1.79. The predicted molar refractivity (Wildman–Crippen MR) is 103 cm³/mol. The summed E-state index contributed by atoms with van der Waals surface area (Å²) in [6.45, 7) is 0.262. The van der Waals surface area contributed by atoms with E-state index in [0.29, 0.717) is 12.1 Å². The number of amides is 2. The van der Waals surface area contributed by atoms with Crippen molar-refractivity contribution in [3.05, 3.63) is 65.2 Å². The maximum absolute atomic E-state index is 12.1. The summed E-state index contributed by atoms with van der Waals surface area (Å²) in [4.78, 5) is 30.2. The lowest BCUT2D eigenvalue weighted by atomic mass is 10.1. The number of nitrogens with zero attached hydrogens (tertiary/aromatic N) is 2. The van der Waals surface area contributed by atoms with Gasteiger partial charge in [0, 0.05) is 26.2 Å². The highest BCUT2D eigenvalue weighted by Gasteiger charge is 2.10. The average Bonchev–Trinajstić information content (AvgIpc) is 2.71. The number of likely N-dealkylation sites (N-methyl/N-ethyl adjacent to an activating group) is 1. The zero-order valence-electron chi connectivity index (χ0n) is 15.6. The SMILES string of the molecule is CNC(=O)c1ccc(CN(C)C(=O)CO/N=C\c2ccc(OC)cc2)cc1. The minimum Gasteiger partial charge on any atom is -0.497 e. The third-order valence-electron chi connectivity index (χ3n) is 3.87. The number of oxime groups is 1. The molecule has 0 aliphatic carbocycles. The largest absolute Gasteiger partial charge is 0.497 e. The van der Waals surface area contributed by atoms with Crippen molar-refractivity contribution in [3.63, 3.8) is 0 Å². The van der Waals surface area contributed by atoms with Gasteiger partial charge in [0.15, 0.2) is 6.61 Å². The molecule has 0 atom stereocenters. The van der Waals surface area contributed by atoms with Gasteiger partial charge in [-0.3, -0.25) is 9.59 Å². The number of nitrogens with one attached hydrogen (secondary N) is 1. The summed E-state index contributed by atoms with van der Waals surface area (Å²) < 4.78 is 5.08. The molecule has 0 radical (unpaired) electrons. The van der Waals surface area contributed by atoms with E-state index in [1.54, 1.807) is 33.3 Å². The van der Waals surface area contributed by atoms with Gasteiger partial charge in [-0.15, -0.1) is 0 Å². The Morgan fingerprint density at radius 3 is 2.37 bits per heavy atom. The first kappa shape index (κ1) is 20.0. The topological polar surface area (TPSA) is 80.2 Å². The quantitative estimate of drug-likeness (QED) is 0.571. The molecule has 142 valence electrons. The van der Waals surface area contributed by atoms with E-state index in [-0.39, 0.29) is 18.4 Å². The van der Waals surface area contributed by atoms with Gasteiger partial charge in [0.2, 0.25) is 0 Å². The molecule has 0 unspecified atom stereocenters. The van der Waals surface area contributed by atoms with Crippen LogP contribution in [0.3, 0.4) is 0 Å². The molecule has 0 spiro atoms. The van der Waals surface area contributed by atoms with Gasteiger partial charge in [-0.1, -0.05) is 17.3 Å². The van der Waals surface area contributed by atoms with Crippen LogP contribution in [0.25, 0.3) is 0 Å². The van der Waals surface area contributed by atoms with E-state index in [1.165, 1.54) is 11.1 Å². The molecule has 0 aliphatic heterocycles. The van der Waals surface area contributed by atoms with E-state index in [0.717, 1.165) is 16.9 Å². The number of rotatable bonds is 8. The van der Waals surface area contributed by atoms with Gasteiger partial charge in [0.1, 0.15) is 5.75 Å². The minimum atomic E-state index is -0.197. The summed E-state index contributed by atoms with van der Waals surface area (Å²) in [5.41, 5.74) is 2.33. The second-order valence-corrected chi connectivity index (χ2v) is 5.81. The van der Waals surface area contributed by atoms with E-state index >= 15 is 0 Å². The Labute approximate surface area is 158 Å². The van der Waals surface area contributed by atoms with Gasteiger partial charge < -0.3 is 19.8 Å². The number of hydrogen-bond donors (Lipinski definition) is 1. The third-order valence-corrected chi connectivity index (χ3v) is 3.87. The highest BCUT2D eigenvalue weighted by Crippen LogP contribution is 2.10. The number of carbonyl (C=O) groups is 2. The van der Waals surface area contributed by atoms with Crippen molar-refractivity contribution in [3.8, 4) is 5.75 Å². The summed E-state index contributed by atoms with van der Waals surface area (Å²) in [5, 5.41) is 6.38. The maximum Gasteiger partial charge on any atom is 0.263 e. The first-order valence-electron chi connectivity index (χ1n) is 8.38. The summed E-state index contributed by atoms with van der Waals surface area (Å²) >= 11 is 0. The fourth-order valence-electron chi connectivity index (χ4n) is 2.26. The molecule has 0 bridgehead atoms. The van der Waals surface area contributed by atoms with Crippen molar-refractivity contribution in [1.29, 1.82) is 0 Å². The molecule has 7 nitrogen and oxygen atoms in total. The molecular formula is C20H23N3O4. The van der Waals surface area contributed by atoms with Crippen molar-refractivity contribution in [1.82, 2.24) is 10.2 Å². The second-order valence-electron chi connectivity index (χ2n) is 5.81. The lowest BCUT2D eigenvalue weighted by Crippen LogP contribution is -2.29.